The largest absolute Gasteiger partial charge is 0.488 e. The van der Waals surface area contributed by atoms with E-state index in [1.807, 2.05) is 0 Å². The van der Waals surface area contributed by atoms with E-state index >= 15 is 0 Å². The number of nitrogens with one attached hydrogen (secondary N) is 2. The SMILES string of the molecule is CN1C(=O)CNc2ccc(F)c(OCCCC[C@H]3CN(c4cnc5c(n4)NC(=O)CO5)C(=O)O3)c21. The molecule has 1 atom stereocenters. The molecule has 4 heterocycles. The molecule has 0 aliphatic carbocycles. The van der Waals surface area contributed by atoms with Gasteiger partial charge in [-0.15, -0.1) is 0 Å². The number of carbonyl (C=O) groups is 3. The number of fused-ring (bicyclic) bond motifs is 2. The first-order valence-electron chi connectivity index (χ1n) is 11.1. The van der Waals surface area contributed by atoms with Crippen molar-refractivity contribution in [3.63, 3.8) is 0 Å². The van der Waals surface area contributed by atoms with Gasteiger partial charge in [-0.3, -0.25) is 14.5 Å². The normalized spacial score (nSPS) is 18.8. The molecule has 3 aliphatic heterocycles. The number of benzene rings is 1. The number of hydrogen-bond donors (Lipinski definition) is 2. The topological polar surface area (TPSA) is 135 Å². The zero-order valence-corrected chi connectivity index (χ0v) is 18.9. The number of nitrogens with zero attached hydrogens (tertiary/aromatic N) is 4. The Morgan fingerprint density at radius 3 is 2.97 bits per heavy atom. The van der Waals surface area contributed by atoms with Crippen LogP contribution in [0.25, 0.3) is 0 Å². The highest BCUT2D eigenvalue weighted by atomic mass is 19.1. The van der Waals surface area contributed by atoms with Gasteiger partial charge in [-0.25, -0.2) is 19.2 Å². The Balaban J connectivity index is 1.13. The van der Waals surface area contributed by atoms with E-state index in [1.54, 1.807) is 13.1 Å². The molecule has 35 heavy (non-hydrogen) atoms. The molecule has 3 aliphatic rings. The van der Waals surface area contributed by atoms with Gasteiger partial charge in [0.05, 0.1) is 31.6 Å². The van der Waals surface area contributed by atoms with E-state index in [0.717, 1.165) is 0 Å². The Bertz CT molecular complexity index is 1190. The maximum Gasteiger partial charge on any atom is 0.415 e. The number of unbranched alkanes of at least 4 members (excludes halogenated alkanes) is 1. The number of likely N-dealkylation sites (N-methyl/N-ethyl adjacent to an activating group) is 1. The molecule has 0 bridgehead atoms. The predicted octanol–water partition coefficient (Wildman–Crippen LogP) is 1.91. The van der Waals surface area contributed by atoms with Crippen molar-refractivity contribution in [1.82, 2.24) is 9.97 Å². The van der Waals surface area contributed by atoms with Gasteiger partial charge < -0.3 is 29.7 Å². The van der Waals surface area contributed by atoms with Crippen LogP contribution in [0.15, 0.2) is 18.3 Å². The molecule has 1 aromatic carbocycles. The minimum atomic E-state index is -0.554. The van der Waals surface area contributed by atoms with Gasteiger partial charge in [-0.05, 0) is 31.4 Å². The Morgan fingerprint density at radius 1 is 1.26 bits per heavy atom. The Hall–Kier alpha value is -4.16. The first-order valence-corrected chi connectivity index (χ1v) is 11.1. The molecule has 1 fully saturated rings. The lowest BCUT2D eigenvalue weighted by molar-refractivity contribution is -0.119. The van der Waals surface area contributed by atoms with Gasteiger partial charge in [-0.1, -0.05) is 0 Å². The molecule has 12 nitrogen and oxygen atoms in total. The minimum absolute atomic E-state index is 0.0334. The number of aromatic nitrogens is 2. The third kappa shape index (κ3) is 4.48. The van der Waals surface area contributed by atoms with E-state index in [2.05, 4.69) is 20.6 Å². The van der Waals surface area contributed by atoms with Crippen molar-refractivity contribution < 1.29 is 33.0 Å². The van der Waals surface area contributed by atoms with Crippen LogP contribution in [-0.2, 0) is 14.3 Å². The summed E-state index contributed by atoms with van der Waals surface area (Å²) >= 11 is 0. The number of hydrogen-bond acceptors (Lipinski definition) is 9. The number of carbonyl (C=O) groups excluding carboxylic acids is 3. The molecule has 3 amide bonds. The second kappa shape index (κ2) is 9.24. The quantitative estimate of drug-likeness (QED) is 0.563. The average molecular weight is 486 g/mol. The van der Waals surface area contributed by atoms with Crippen LogP contribution in [0.1, 0.15) is 19.3 Å². The highest BCUT2D eigenvalue weighted by molar-refractivity contribution is 6.04. The van der Waals surface area contributed by atoms with E-state index in [-0.39, 0.29) is 67.5 Å². The summed E-state index contributed by atoms with van der Waals surface area (Å²) in [5, 5.41) is 5.52. The van der Waals surface area contributed by atoms with Crippen molar-refractivity contribution >= 4 is 40.9 Å². The van der Waals surface area contributed by atoms with Gasteiger partial charge in [0.2, 0.25) is 5.91 Å². The number of anilines is 4. The van der Waals surface area contributed by atoms with Crippen LogP contribution in [-0.4, -0.2) is 67.3 Å². The minimum Gasteiger partial charge on any atom is -0.488 e. The monoisotopic (exact) mass is 486 g/mol. The lowest BCUT2D eigenvalue weighted by atomic mass is 10.1. The highest BCUT2D eigenvalue weighted by Gasteiger charge is 2.34. The Kier molecular flexibility index (Phi) is 5.97. The highest BCUT2D eigenvalue weighted by Crippen LogP contribution is 2.40. The lowest BCUT2D eigenvalue weighted by Crippen LogP contribution is -2.37. The van der Waals surface area contributed by atoms with Crippen LogP contribution in [0.4, 0.5) is 32.2 Å². The zero-order chi connectivity index (χ0) is 24.5. The molecule has 2 N–H and O–H groups in total. The molecule has 1 saturated heterocycles. The Labute approximate surface area is 199 Å². The number of cyclic esters (lactones) is 1. The molecule has 0 spiro atoms. The maximum absolute atomic E-state index is 14.4. The third-order valence-electron chi connectivity index (χ3n) is 5.86. The number of amides is 3. The van der Waals surface area contributed by atoms with Crippen LogP contribution in [0.5, 0.6) is 11.6 Å². The molecule has 1 aromatic heterocycles. The predicted molar refractivity (Wildman–Crippen MR) is 121 cm³/mol. The molecule has 13 heteroatoms. The number of halogens is 1. The Morgan fingerprint density at radius 2 is 2.11 bits per heavy atom. The fraction of sp³-hybridized carbons (Fsp3) is 0.409. The summed E-state index contributed by atoms with van der Waals surface area (Å²) in [6, 6.07) is 2.88. The van der Waals surface area contributed by atoms with Crippen molar-refractivity contribution in [2.45, 2.75) is 25.4 Å². The summed E-state index contributed by atoms with van der Waals surface area (Å²) in [4.78, 5) is 46.9. The van der Waals surface area contributed by atoms with Gasteiger partial charge in [0.15, 0.2) is 29.8 Å². The standard InChI is InChI=1S/C22H23FN6O6/c1-28-17(31)9-24-14-6-5-13(23)19(18(14)28)33-7-3-2-4-12-10-29(22(32)35-12)15-8-25-21-20(26-15)27-16(30)11-34-21/h5-6,8,12,24H,2-4,7,9-11H2,1H3,(H,26,27,30)/t12-/m0/s1. The molecule has 2 aromatic rings. The van der Waals surface area contributed by atoms with Crippen LogP contribution in [0.2, 0.25) is 0 Å². The molecule has 184 valence electrons. The van der Waals surface area contributed by atoms with Crippen LogP contribution < -0.4 is 29.9 Å². The summed E-state index contributed by atoms with van der Waals surface area (Å²) in [5.41, 5.74) is 1.02. The second-order valence-corrected chi connectivity index (χ2v) is 8.26. The van der Waals surface area contributed by atoms with Crippen molar-refractivity contribution in [2.75, 3.05) is 53.8 Å². The maximum atomic E-state index is 14.4. The third-order valence-corrected chi connectivity index (χ3v) is 5.86. The van der Waals surface area contributed by atoms with Crippen LogP contribution in [0.3, 0.4) is 0 Å². The van der Waals surface area contributed by atoms with E-state index in [1.165, 1.54) is 22.1 Å². The molecule has 0 radical (unpaired) electrons. The summed E-state index contributed by atoms with van der Waals surface area (Å²) in [5.74, 6) is -0.434. The van der Waals surface area contributed by atoms with E-state index in [0.29, 0.717) is 30.6 Å². The smallest absolute Gasteiger partial charge is 0.415 e. The van der Waals surface area contributed by atoms with Gasteiger partial charge in [0, 0.05) is 7.05 Å². The van der Waals surface area contributed by atoms with Crippen LogP contribution in [0, 0.1) is 5.82 Å². The summed E-state index contributed by atoms with van der Waals surface area (Å²) in [6.07, 6.45) is 2.29. The van der Waals surface area contributed by atoms with E-state index < -0.39 is 11.9 Å². The lowest BCUT2D eigenvalue weighted by Gasteiger charge is -2.29. The average Bonchev–Trinajstić information content (AvgIpc) is 3.22. The van der Waals surface area contributed by atoms with Gasteiger partial charge in [0.1, 0.15) is 11.8 Å². The van der Waals surface area contributed by atoms with Gasteiger partial charge >= 0.3 is 6.09 Å². The van der Waals surface area contributed by atoms with Crippen molar-refractivity contribution in [3.8, 4) is 11.6 Å². The van der Waals surface area contributed by atoms with Crippen molar-refractivity contribution in [2.24, 2.45) is 0 Å². The molecule has 5 rings (SSSR count). The zero-order valence-electron chi connectivity index (χ0n) is 18.9. The first-order chi connectivity index (χ1) is 16.9. The summed E-state index contributed by atoms with van der Waals surface area (Å²) in [6.45, 7) is 0.520. The summed E-state index contributed by atoms with van der Waals surface area (Å²) < 4.78 is 30.7. The number of rotatable bonds is 7. The molecule has 0 saturated carbocycles. The van der Waals surface area contributed by atoms with E-state index in [4.69, 9.17) is 14.2 Å². The molecule has 0 unspecified atom stereocenters. The molecular formula is C22H23FN6O6. The first kappa shape index (κ1) is 22.6. The number of ether oxygens (including phenoxy) is 3. The van der Waals surface area contributed by atoms with Crippen molar-refractivity contribution in [3.05, 3.63) is 24.1 Å². The van der Waals surface area contributed by atoms with Crippen LogP contribution >= 0.6 is 0 Å². The van der Waals surface area contributed by atoms with E-state index in [9.17, 15) is 18.8 Å². The fourth-order valence-corrected chi connectivity index (χ4v) is 4.07. The second-order valence-electron chi connectivity index (χ2n) is 8.26. The summed E-state index contributed by atoms with van der Waals surface area (Å²) in [7, 11) is 1.59. The van der Waals surface area contributed by atoms with Gasteiger partial charge in [0.25, 0.3) is 11.8 Å². The van der Waals surface area contributed by atoms with Gasteiger partial charge in [-0.2, -0.15) is 0 Å². The molecular weight excluding hydrogens is 463 g/mol. The fourth-order valence-electron chi connectivity index (χ4n) is 4.07. The van der Waals surface area contributed by atoms with Crippen molar-refractivity contribution in [1.29, 1.82) is 0 Å².